The zero-order valence-corrected chi connectivity index (χ0v) is 23.0. The first-order valence-electron chi connectivity index (χ1n) is 14.0. The molecular formula is C30H43NO5. The van der Waals surface area contributed by atoms with E-state index in [-0.39, 0.29) is 53.5 Å². The molecular weight excluding hydrogens is 454 g/mol. The minimum absolute atomic E-state index is 0.0391. The van der Waals surface area contributed by atoms with Gasteiger partial charge in [-0.15, -0.1) is 0 Å². The molecule has 2 bridgehead atoms. The van der Waals surface area contributed by atoms with Crippen molar-refractivity contribution in [1.29, 1.82) is 0 Å². The normalized spacial score (nSPS) is 57.8. The molecule has 0 amide bonds. The molecule has 0 radical (unpaired) electrons. The molecule has 0 aromatic heterocycles. The van der Waals surface area contributed by atoms with E-state index >= 15 is 0 Å². The Kier molecular flexibility index (Phi) is 5.13. The van der Waals surface area contributed by atoms with Crippen molar-refractivity contribution in [3.05, 3.63) is 23.8 Å². The van der Waals surface area contributed by atoms with Crippen LogP contribution in [0.2, 0.25) is 0 Å². The standard InChI is InChI=1S/C30H43NO5/c1-8-22-18(3)35-16-25(34)30-19(15-31(22)36-30)13-27(5)23-11-17(2)21-12-20(32)9-10-26(21,4)29(23,7)24(33)14-28(27,30)6/h9-10,12,17-19,22-24,33H,8,11,13-16H2,1-7H3/t17-,18?,19-,22?,23-,24-,26-,27-,28-,29+,30-/m0/s1. The summed E-state index contributed by atoms with van der Waals surface area (Å²) >= 11 is 0. The molecule has 2 aliphatic heterocycles. The minimum Gasteiger partial charge on any atom is -0.392 e. The number of carbonyl (C=O) groups is 2. The zero-order valence-electron chi connectivity index (χ0n) is 23.0. The molecule has 2 saturated heterocycles. The average molecular weight is 498 g/mol. The van der Waals surface area contributed by atoms with Crippen LogP contribution in [0.15, 0.2) is 23.8 Å². The van der Waals surface area contributed by atoms with Crippen molar-refractivity contribution in [1.82, 2.24) is 5.06 Å². The molecule has 6 rings (SSSR count). The Bertz CT molecular complexity index is 1080. The number of carbonyl (C=O) groups excluding carboxylic acids is 2. The van der Waals surface area contributed by atoms with E-state index in [9.17, 15) is 14.7 Å². The summed E-state index contributed by atoms with van der Waals surface area (Å²) in [5, 5.41) is 14.2. The molecule has 6 nitrogen and oxygen atoms in total. The van der Waals surface area contributed by atoms with Crippen LogP contribution in [-0.2, 0) is 19.2 Å². The Hall–Kier alpha value is -1.34. The lowest BCUT2D eigenvalue weighted by Crippen LogP contribution is -2.71. The van der Waals surface area contributed by atoms with E-state index in [0.717, 1.165) is 31.4 Å². The van der Waals surface area contributed by atoms with Crippen LogP contribution in [0.4, 0.5) is 0 Å². The summed E-state index contributed by atoms with van der Waals surface area (Å²) in [5.41, 5.74) is -1.43. The Morgan fingerprint density at radius 3 is 2.56 bits per heavy atom. The average Bonchev–Trinajstić information content (AvgIpc) is 3.28. The molecule has 198 valence electrons. The van der Waals surface area contributed by atoms with Gasteiger partial charge in [0.25, 0.3) is 0 Å². The van der Waals surface area contributed by atoms with Crippen molar-refractivity contribution in [3.8, 4) is 0 Å². The predicted molar refractivity (Wildman–Crippen MR) is 136 cm³/mol. The lowest BCUT2D eigenvalue weighted by Gasteiger charge is -2.70. The fraction of sp³-hybridized carbons (Fsp3) is 0.800. The SMILES string of the molecule is CCC1C(C)OCC(=O)[C@@]23ON1C[C@@H]2C[C@@]1(C)[C@@H]2C[C@H](C)C4=CC(=O)C=C[C@]4(C)[C@@]2(C)[C@@H](O)C[C@@]13C. The van der Waals surface area contributed by atoms with E-state index in [2.05, 4.69) is 52.7 Å². The van der Waals surface area contributed by atoms with Crippen LogP contribution in [0.1, 0.15) is 74.1 Å². The number of aliphatic hydroxyl groups is 1. The maximum absolute atomic E-state index is 14.1. The summed E-state index contributed by atoms with van der Waals surface area (Å²) < 4.78 is 6.12. The van der Waals surface area contributed by atoms with Crippen molar-refractivity contribution in [3.63, 3.8) is 0 Å². The molecule has 0 aromatic rings. The topological polar surface area (TPSA) is 76.1 Å². The smallest absolute Gasteiger partial charge is 0.193 e. The highest BCUT2D eigenvalue weighted by Crippen LogP contribution is 2.79. The second-order valence-electron chi connectivity index (χ2n) is 13.7. The van der Waals surface area contributed by atoms with Gasteiger partial charge in [-0.25, -0.2) is 0 Å². The van der Waals surface area contributed by atoms with E-state index in [1.807, 2.05) is 13.0 Å². The Balaban J connectivity index is 1.50. The molecule has 4 aliphatic carbocycles. The zero-order chi connectivity index (χ0) is 26.1. The van der Waals surface area contributed by atoms with Gasteiger partial charge >= 0.3 is 0 Å². The number of nitrogens with zero attached hydrogens (tertiary/aromatic N) is 1. The number of ether oxygens (including phenoxy) is 1. The van der Waals surface area contributed by atoms with Gasteiger partial charge in [0.15, 0.2) is 17.2 Å². The molecule has 0 aromatic carbocycles. The van der Waals surface area contributed by atoms with E-state index < -0.39 is 27.9 Å². The maximum atomic E-state index is 14.1. The fourth-order valence-corrected chi connectivity index (χ4v) is 10.5. The lowest BCUT2D eigenvalue weighted by atomic mass is 9.35. The summed E-state index contributed by atoms with van der Waals surface area (Å²) in [5.74, 6) is 0.551. The summed E-state index contributed by atoms with van der Waals surface area (Å²) in [7, 11) is 0. The van der Waals surface area contributed by atoms with Gasteiger partial charge in [-0.1, -0.05) is 53.2 Å². The van der Waals surface area contributed by atoms with Gasteiger partial charge in [0.2, 0.25) is 0 Å². The third kappa shape index (κ3) is 2.53. The molecule has 3 saturated carbocycles. The number of Topliss-reactive ketones (excluding diaryl/α,β-unsaturated/α-hetero) is 1. The number of rotatable bonds is 1. The predicted octanol–water partition coefficient (Wildman–Crippen LogP) is 4.27. The summed E-state index contributed by atoms with van der Waals surface area (Å²) in [6.45, 7) is 16.3. The quantitative estimate of drug-likeness (QED) is 0.583. The van der Waals surface area contributed by atoms with Crippen molar-refractivity contribution >= 4 is 11.6 Å². The first kappa shape index (κ1) is 25.0. The summed E-state index contributed by atoms with van der Waals surface area (Å²) in [6.07, 6.45) is 8.06. The van der Waals surface area contributed by atoms with Crippen molar-refractivity contribution in [2.75, 3.05) is 13.2 Å². The van der Waals surface area contributed by atoms with Gasteiger partial charge in [0.1, 0.15) is 6.61 Å². The van der Waals surface area contributed by atoms with Crippen LogP contribution in [0.25, 0.3) is 0 Å². The molecule has 5 fully saturated rings. The van der Waals surface area contributed by atoms with Crippen molar-refractivity contribution in [2.45, 2.75) is 98.0 Å². The van der Waals surface area contributed by atoms with Gasteiger partial charge in [-0.3, -0.25) is 14.4 Å². The fourth-order valence-electron chi connectivity index (χ4n) is 10.5. The van der Waals surface area contributed by atoms with Crippen molar-refractivity contribution < 1.29 is 24.3 Å². The van der Waals surface area contributed by atoms with Crippen LogP contribution in [0, 0.1) is 39.4 Å². The van der Waals surface area contributed by atoms with Crippen LogP contribution in [0.3, 0.4) is 0 Å². The molecule has 6 heteroatoms. The third-order valence-corrected chi connectivity index (χ3v) is 12.7. The highest BCUT2D eigenvalue weighted by Gasteiger charge is 2.82. The number of hydroxylamine groups is 2. The minimum atomic E-state index is -0.976. The van der Waals surface area contributed by atoms with Crippen LogP contribution >= 0.6 is 0 Å². The first-order chi connectivity index (χ1) is 16.8. The molecule has 36 heavy (non-hydrogen) atoms. The van der Waals surface area contributed by atoms with Gasteiger partial charge < -0.3 is 9.84 Å². The largest absolute Gasteiger partial charge is 0.392 e. The Morgan fingerprint density at radius 1 is 1.14 bits per heavy atom. The number of hydrogen-bond acceptors (Lipinski definition) is 6. The number of aliphatic hydroxyl groups excluding tert-OH is 1. The van der Waals surface area contributed by atoms with Crippen LogP contribution in [-0.4, -0.2) is 58.7 Å². The number of allylic oxidation sites excluding steroid dienone is 4. The van der Waals surface area contributed by atoms with Gasteiger partial charge in [0, 0.05) is 28.7 Å². The summed E-state index contributed by atoms with van der Waals surface area (Å²) in [6, 6.07) is 0.112. The number of fused-ring (bicyclic) bond motifs is 6. The van der Waals surface area contributed by atoms with E-state index in [0.29, 0.717) is 6.42 Å². The third-order valence-electron chi connectivity index (χ3n) is 12.7. The monoisotopic (exact) mass is 497 g/mol. The maximum Gasteiger partial charge on any atom is 0.193 e. The van der Waals surface area contributed by atoms with Gasteiger partial charge in [-0.2, -0.15) is 5.06 Å². The number of ketones is 2. The Morgan fingerprint density at radius 2 is 1.86 bits per heavy atom. The highest BCUT2D eigenvalue weighted by molar-refractivity contribution is 6.01. The first-order valence-corrected chi connectivity index (χ1v) is 14.0. The Labute approximate surface area is 215 Å². The van der Waals surface area contributed by atoms with Gasteiger partial charge in [0.05, 0.1) is 18.2 Å². The van der Waals surface area contributed by atoms with Crippen LogP contribution in [0.5, 0.6) is 0 Å². The highest BCUT2D eigenvalue weighted by atomic mass is 16.7. The van der Waals surface area contributed by atoms with E-state index in [4.69, 9.17) is 9.57 Å². The number of hydrogen-bond donors (Lipinski definition) is 1. The van der Waals surface area contributed by atoms with Crippen LogP contribution < -0.4 is 0 Å². The second kappa shape index (κ2) is 7.40. The summed E-state index contributed by atoms with van der Waals surface area (Å²) in [4.78, 5) is 33.4. The molecule has 2 heterocycles. The van der Waals surface area contributed by atoms with Gasteiger partial charge in [-0.05, 0) is 62.0 Å². The molecule has 1 N–H and O–H groups in total. The lowest BCUT2D eigenvalue weighted by molar-refractivity contribution is -0.302. The van der Waals surface area contributed by atoms with Crippen molar-refractivity contribution in [2.24, 2.45) is 39.4 Å². The molecule has 6 aliphatic rings. The molecule has 1 spiro atoms. The van der Waals surface area contributed by atoms with E-state index in [1.54, 1.807) is 6.08 Å². The molecule has 3 unspecified atom stereocenters. The van der Waals surface area contributed by atoms with E-state index in [1.165, 1.54) is 0 Å². The second-order valence-corrected chi connectivity index (χ2v) is 13.7. The molecule has 12 atom stereocenters.